The van der Waals surface area contributed by atoms with Gasteiger partial charge >= 0.3 is 0 Å². The van der Waals surface area contributed by atoms with Crippen LogP contribution in [0.5, 0.6) is 0 Å². The zero-order valence-electron chi connectivity index (χ0n) is 17.0. The lowest BCUT2D eigenvalue weighted by Gasteiger charge is -2.09. The molecule has 4 heterocycles. The van der Waals surface area contributed by atoms with Crippen LogP contribution < -0.4 is 5.32 Å². The molecule has 0 aliphatic rings. The molecule has 0 spiro atoms. The average Bonchev–Trinajstić information content (AvgIpc) is 3.24. The monoisotopic (exact) mass is 442 g/mol. The SMILES string of the molecule is CNc1nn2c(-c3ccccn3)cc(-c3ccccn3)nc2c1S(=O)(=O)c1ccccc1. The van der Waals surface area contributed by atoms with Crippen molar-refractivity contribution in [3.05, 3.63) is 85.2 Å². The summed E-state index contributed by atoms with van der Waals surface area (Å²) in [5.41, 5.74) is 2.56. The number of anilines is 1. The van der Waals surface area contributed by atoms with E-state index in [1.54, 1.807) is 49.8 Å². The molecular formula is C23H18N6O2S. The highest BCUT2D eigenvalue weighted by molar-refractivity contribution is 7.91. The molecule has 0 aliphatic carbocycles. The number of fused-ring (bicyclic) bond motifs is 1. The fraction of sp³-hybridized carbons (Fsp3) is 0.0435. The van der Waals surface area contributed by atoms with Gasteiger partial charge < -0.3 is 5.32 Å². The van der Waals surface area contributed by atoms with Gasteiger partial charge in [-0.05, 0) is 42.5 Å². The number of pyridine rings is 2. The van der Waals surface area contributed by atoms with Gasteiger partial charge in [-0.25, -0.2) is 17.9 Å². The maximum atomic E-state index is 13.6. The number of hydrogen-bond acceptors (Lipinski definition) is 7. The van der Waals surface area contributed by atoms with E-state index in [4.69, 9.17) is 0 Å². The van der Waals surface area contributed by atoms with Crippen LogP contribution in [0, 0.1) is 0 Å². The van der Waals surface area contributed by atoms with E-state index >= 15 is 0 Å². The van der Waals surface area contributed by atoms with Gasteiger partial charge in [-0.15, -0.1) is 5.10 Å². The predicted molar refractivity (Wildman–Crippen MR) is 121 cm³/mol. The molecule has 32 heavy (non-hydrogen) atoms. The Kier molecular flexibility index (Phi) is 4.87. The summed E-state index contributed by atoms with van der Waals surface area (Å²) < 4.78 is 28.7. The fourth-order valence-electron chi connectivity index (χ4n) is 3.47. The third-order valence-electron chi connectivity index (χ3n) is 4.96. The van der Waals surface area contributed by atoms with Crippen molar-refractivity contribution in [2.24, 2.45) is 0 Å². The third-order valence-corrected chi connectivity index (χ3v) is 6.77. The van der Waals surface area contributed by atoms with E-state index < -0.39 is 9.84 Å². The minimum atomic E-state index is -3.91. The summed E-state index contributed by atoms with van der Waals surface area (Å²) in [4.78, 5) is 13.7. The summed E-state index contributed by atoms with van der Waals surface area (Å²) in [5, 5.41) is 7.45. The lowest BCUT2D eigenvalue weighted by molar-refractivity contribution is 0.597. The highest BCUT2D eigenvalue weighted by atomic mass is 32.2. The Hall–Kier alpha value is -4.11. The van der Waals surface area contributed by atoms with Crippen LogP contribution in [-0.4, -0.2) is 40.0 Å². The Balaban J connectivity index is 1.88. The highest BCUT2D eigenvalue weighted by Gasteiger charge is 2.30. The smallest absolute Gasteiger partial charge is 0.214 e. The summed E-state index contributed by atoms with van der Waals surface area (Å²) in [6.07, 6.45) is 3.34. The molecule has 5 aromatic rings. The van der Waals surface area contributed by atoms with E-state index in [1.165, 1.54) is 4.52 Å². The summed E-state index contributed by atoms with van der Waals surface area (Å²) in [5.74, 6) is 0.205. The minimum Gasteiger partial charge on any atom is -0.370 e. The standard InChI is InChI=1S/C23H18N6O2S/c1-24-22-21(32(30,31)16-9-3-2-4-10-16)23-27-19(17-11-5-7-13-25-17)15-20(29(23)28-22)18-12-6-8-14-26-18/h2-15H,1H3,(H,24,28). The Morgan fingerprint density at radius 1 is 0.812 bits per heavy atom. The van der Waals surface area contributed by atoms with Crippen molar-refractivity contribution in [1.82, 2.24) is 24.6 Å². The molecule has 0 atom stereocenters. The van der Waals surface area contributed by atoms with Crippen molar-refractivity contribution in [3.63, 3.8) is 0 Å². The van der Waals surface area contributed by atoms with E-state index in [9.17, 15) is 8.42 Å². The number of sulfone groups is 1. The van der Waals surface area contributed by atoms with Crippen LogP contribution in [-0.2, 0) is 9.84 Å². The molecule has 1 N–H and O–H groups in total. The van der Waals surface area contributed by atoms with Crippen molar-refractivity contribution in [1.29, 1.82) is 0 Å². The van der Waals surface area contributed by atoms with Gasteiger partial charge in [0, 0.05) is 19.4 Å². The van der Waals surface area contributed by atoms with Crippen LogP contribution in [0.2, 0.25) is 0 Å². The van der Waals surface area contributed by atoms with E-state index in [0.29, 0.717) is 22.8 Å². The second kappa shape index (κ2) is 7.86. The van der Waals surface area contributed by atoms with E-state index in [1.807, 2.05) is 42.5 Å². The molecule has 0 fully saturated rings. The first kappa shape index (κ1) is 19.8. The summed E-state index contributed by atoms with van der Waals surface area (Å²) in [7, 11) is -2.28. The molecule has 4 aromatic heterocycles. The quantitative estimate of drug-likeness (QED) is 0.442. The molecular weight excluding hydrogens is 424 g/mol. The van der Waals surface area contributed by atoms with Crippen molar-refractivity contribution in [2.75, 3.05) is 12.4 Å². The van der Waals surface area contributed by atoms with Crippen LogP contribution in [0.3, 0.4) is 0 Å². The van der Waals surface area contributed by atoms with Crippen molar-refractivity contribution >= 4 is 21.3 Å². The van der Waals surface area contributed by atoms with Gasteiger partial charge in [-0.3, -0.25) is 9.97 Å². The molecule has 1 aromatic carbocycles. The predicted octanol–water partition coefficient (Wildman–Crippen LogP) is 3.73. The number of hydrogen-bond donors (Lipinski definition) is 1. The topological polar surface area (TPSA) is 102 Å². The van der Waals surface area contributed by atoms with Crippen LogP contribution in [0.4, 0.5) is 5.82 Å². The largest absolute Gasteiger partial charge is 0.370 e. The summed E-state index contributed by atoms with van der Waals surface area (Å²) in [6, 6.07) is 21.1. The first-order valence-electron chi connectivity index (χ1n) is 9.84. The molecule has 5 rings (SSSR count). The first-order valence-corrected chi connectivity index (χ1v) is 11.3. The van der Waals surface area contributed by atoms with Crippen molar-refractivity contribution in [2.45, 2.75) is 9.79 Å². The Bertz CT molecular complexity index is 1500. The number of aromatic nitrogens is 5. The molecule has 0 bridgehead atoms. The number of benzene rings is 1. The zero-order valence-corrected chi connectivity index (χ0v) is 17.9. The van der Waals surface area contributed by atoms with Gasteiger partial charge in [-0.2, -0.15) is 0 Å². The Labute approximate surface area is 184 Å². The highest BCUT2D eigenvalue weighted by Crippen LogP contribution is 2.34. The number of nitrogens with zero attached hydrogens (tertiary/aromatic N) is 5. The molecule has 9 heteroatoms. The number of rotatable bonds is 5. The maximum absolute atomic E-state index is 13.6. The maximum Gasteiger partial charge on any atom is 0.214 e. The van der Waals surface area contributed by atoms with Gasteiger partial charge in [0.15, 0.2) is 16.4 Å². The summed E-state index contributed by atoms with van der Waals surface area (Å²) >= 11 is 0. The van der Waals surface area contributed by atoms with E-state index in [2.05, 4.69) is 25.4 Å². The lowest BCUT2D eigenvalue weighted by Crippen LogP contribution is -2.06. The molecule has 8 nitrogen and oxygen atoms in total. The van der Waals surface area contributed by atoms with Gasteiger partial charge in [0.2, 0.25) is 9.84 Å². The molecule has 0 radical (unpaired) electrons. The Morgan fingerprint density at radius 3 is 2.09 bits per heavy atom. The van der Waals surface area contributed by atoms with E-state index in [-0.39, 0.29) is 21.3 Å². The first-order chi connectivity index (χ1) is 15.6. The fourth-order valence-corrected chi connectivity index (χ4v) is 4.99. The number of nitrogens with one attached hydrogen (secondary N) is 1. The van der Waals surface area contributed by atoms with Crippen LogP contribution in [0.15, 0.2) is 95.0 Å². The van der Waals surface area contributed by atoms with Crippen molar-refractivity contribution < 1.29 is 8.42 Å². The second-order valence-corrected chi connectivity index (χ2v) is 8.82. The molecule has 0 amide bonds. The van der Waals surface area contributed by atoms with Crippen LogP contribution in [0.25, 0.3) is 28.4 Å². The summed E-state index contributed by atoms with van der Waals surface area (Å²) in [6.45, 7) is 0. The van der Waals surface area contributed by atoms with Crippen molar-refractivity contribution in [3.8, 4) is 22.8 Å². The minimum absolute atomic E-state index is 0.00108. The second-order valence-electron chi connectivity index (χ2n) is 6.94. The average molecular weight is 443 g/mol. The van der Waals surface area contributed by atoms with E-state index in [0.717, 1.165) is 0 Å². The van der Waals surface area contributed by atoms with Gasteiger partial charge in [0.25, 0.3) is 0 Å². The Morgan fingerprint density at radius 2 is 1.47 bits per heavy atom. The van der Waals surface area contributed by atoms with Gasteiger partial charge in [-0.1, -0.05) is 30.3 Å². The van der Waals surface area contributed by atoms with Crippen LogP contribution in [0.1, 0.15) is 0 Å². The normalized spacial score (nSPS) is 11.5. The lowest BCUT2D eigenvalue weighted by atomic mass is 10.2. The third kappa shape index (κ3) is 3.28. The zero-order chi connectivity index (χ0) is 22.1. The van der Waals surface area contributed by atoms with Gasteiger partial charge in [0.05, 0.1) is 27.7 Å². The molecule has 0 aliphatic heterocycles. The van der Waals surface area contributed by atoms with Gasteiger partial charge in [0.1, 0.15) is 0 Å². The molecule has 0 saturated carbocycles. The van der Waals surface area contributed by atoms with Crippen LogP contribution >= 0.6 is 0 Å². The molecule has 0 unspecified atom stereocenters. The molecule has 158 valence electrons. The molecule has 0 saturated heterocycles.